The zero-order valence-electron chi connectivity index (χ0n) is 11.3. The third-order valence-corrected chi connectivity index (χ3v) is 3.30. The van der Waals surface area contributed by atoms with E-state index in [2.05, 4.69) is 10.5 Å². The van der Waals surface area contributed by atoms with E-state index in [9.17, 15) is 9.59 Å². The zero-order chi connectivity index (χ0) is 14.4. The maximum atomic E-state index is 11.9. The second-order valence-electron chi connectivity index (χ2n) is 4.85. The van der Waals surface area contributed by atoms with E-state index in [4.69, 9.17) is 9.63 Å². The maximum absolute atomic E-state index is 11.9. The van der Waals surface area contributed by atoms with Crippen LogP contribution in [0.3, 0.4) is 0 Å². The molecular weight excluding hydrogens is 262 g/mol. The van der Waals surface area contributed by atoms with E-state index in [0.717, 1.165) is 25.9 Å². The van der Waals surface area contributed by atoms with E-state index < -0.39 is 5.97 Å². The molecule has 2 rings (SSSR count). The molecule has 0 radical (unpaired) electrons. The summed E-state index contributed by atoms with van der Waals surface area (Å²) in [4.78, 5) is 24.4. The van der Waals surface area contributed by atoms with Crippen LogP contribution < -0.4 is 5.32 Å². The number of carbonyl (C=O) groups excluding carboxylic acids is 1. The SMILES string of the molecule is O=C(O)c1cc(CNCCC(=O)N2CCCCC2)on1. The van der Waals surface area contributed by atoms with Gasteiger partial charge in [-0.05, 0) is 19.3 Å². The number of rotatable bonds is 6. The number of piperidine rings is 1. The highest BCUT2D eigenvalue weighted by molar-refractivity contribution is 5.85. The van der Waals surface area contributed by atoms with Crippen molar-refractivity contribution >= 4 is 11.9 Å². The van der Waals surface area contributed by atoms with E-state index in [-0.39, 0.29) is 11.6 Å². The Labute approximate surface area is 116 Å². The molecule has 7 heteroatoms. The molecule has 0 saturated carbocycles. The Hall–Kier alpha value is -1.89. The van der Waals surface area contributed by atoms with Gasteiger partial charge in [0.25, 0.3) is 0 Å². The fourth-order valence-corrected chi connectivity index (χ4v) is 2.21. The highest BCUT2D eigenvalue weighted by Gasteiger charge is 2.16. The number of aromatic nitrogens is 1. The Kier molecular flexibility index (Phi) is 5.11. The Morgan fingerprint density at radius 1 is 1.35 bits per heavy atom. The molecule has 0 spiro atoms. The summed E-state index contributed by atoms with van der Waals surface area (Å²) in [6.45, 7) is 2.64. The summed E-state index contributed by atoms with van der Waals surface area (Å²) in [5.41, 5.74) is -0.105. The van der Waals surface area contributed by atoms with Gasteiger partial charge in [-0.1, -0.05) is 5.16 Å². The number of nitrogens with zero attached hydrogens (tertiary/aromatic N) is 2. The average molecular weight is 281 g/mol. The highest BCUT2D eigenvalue weighted by atomic mass is 16.5. The van der Waals surface area contributed by atoms with Crippen LogP contribution in [0.1, 0.15) is 41.9 Å². The molecule has 1 aliphatic heterocycles. The van der Waals surface area contributed by atoms with Gasteiger partial charge in [-0.3, -0.25) is 4.79 Å². The topological polar surface area (TPSA) is 95.7 Å². The van der Waals surface area contributed by atoms with Crippen LogP contribution in [-0.2, 0) is 11.3 Å². The second kappa shape index (κ2) is 7.04. The van der Waals surface area contributed by atoms with Crippen molar-refractivity contribution in [3.8, 4) is 0 Å². The molecule has 1 aromatic heterocycles. The number of likely N-dealkylation sites (tertiary alicyclic amines) is 1. The van der Waals surface area contributed by atoms with Gasteiger partial charge in [-0.25, -0.2) is 4.79 Å². The molecule has 1 saturated heterocycles. The van der Waals surface area contributed by atoms with Gasteiger partial charge in [-0.2, -0.15) is 0 Å². The van der Waals surface area contributed by atoms with Gasteiger partial charge < -0.3 is 19.8 Å². The first kappa shape index (κ1) is 14.5. The van der Waals surface area contributed by atoms with Crippen molar-refractivity contribution in [1.29, 1.82) is 0 Å². The Morgan fingerprint density at radius 3 is 2.75 bits per heavy atom. The summed E-state index contributed by atoms with van der Waals surface area (Å²) in [6, 6.07) is 1.38. The summed E-state index contributed by atoms with van der Waals surface area (Å²) >= 11 is 0. The molecule has 0 aliphatic carbocycles. The lowest BCUT2D eigenvalue weighted by molar-refractivity contribution is -0.131. The number of carboxylic acid groups (broad SMARTS) is 1. The van der Waals surface area contributed by atoms with Gasteiger partial charge in [0.1, 0.15) is 0 Å². The zero-order valence-corrected chi connectivity index (χ0v) is 11.3. The van der Waals surface area contributed by atoms with Crippen LogP contribution in [0.25, 0.3) is 0 Å². The molecule has 2 N–H and O–H groups in total. The number of nitrogens with one attached hydrogen (secondary N) is 1. The fourth-order valence-electron chi connectivity index (χ4n) is 2.21. The van der Waals surface area contributed by atoms with Crippen LogP contribution >= 0.6 is 0 Å². The predicted molar refractivity (Wildman–Crippen MR) is 70.2 cm³/mol. The second-order valence-corrected chi connectivity index (χ2v) is 4.85. The summed E-state index contributed by atoms with van der Waals surface area (Å²) in [7, 11) is 0. The number of hydrogen-bond donors (Lipinski definition) is 2. The molecule has 110 valence electrons. The first-order chi connectivity index (χ1) is 9.66. The van der Waals surface area contributed by atoms with E-state index in [1.165, 1.54) is 12.5 Å². The number of aromatic carboxylic acids is 1. The lowest BCUT2D eigenvalue weighted by atomic mass is 10.1. The summed E-state index contributed by atoms with van der Waals surface area (Å²) < 4.78 is 4.86. The lowest BCUT2D eigenvalue weighted by Gasteiger charge is -2.26. The van der Waals surface area contributed by atoms with E-state index in [1.54, 1.807) is 0 Å². The Bertz CT molecular complexity index is 466. The van der Waals surface area contributed by atoms with Crippen molar-refractivity contribution in [2.75, 3.05) is 19.6 Å². The Balaban J connectivity index is 1.65. The van der Waals surface area contributed by atoms with Crippen LogP contribution in [0.2, 0.25) is 0 Å². The van der Waals surface area contributed by atoms with E-state index >= 15 is 0 Å². The molecule has 20 heavy (non-hydrogen) atoms. The largest absolute Gasteiger partial charge is 0.476 e. The molecule has 1 amide bonds. The van der Waals surface area contributed by atoms with Gasteiger partial charge in [0.2, 0.25) is 5.91 Å². The van der Waals surface area contributed by atoms with Gasteiger partial charge >= 0.3 is 5.97 Å². The molecule has 2 heterocycles. The molecular formula is C13H19N3O4. The summed E-state index contributed by atoms with van der Waals surface area (Å²) in [6.07, 6.45) is 3.84. The van der Waals surface area contributed by atoms with Crippen LogP contribution in [0, 0.1) is 0 Å². The minimum Gasteiger partial charge on any atom is -0.476 e. The van der Waals surface area contributed by atoms with Gasteiger partial charge in [0, 0.05) is 32.1 Å². The molecule has 0 bridgehead atoms. The van der Waals surface area contributed by atoms with Gasteiger partial charge in [-0.15, -0.1) is 0 Å². The molecule has 1 aromatic rings. The highest BCUT2D eigenvalue weighted by Crippen LogP contribution is 2.09. The molecule has 0 atom stereocenters. The third kappa shape index (κ3) is 4.06. The fraction of sp³-hybridized carbons (Fsp3) is 0.615. The molecule has 0 aromatic carbocycles. The third-order valence-electron chi connectivity index (χ3n) is 3.30. The van der Waals surface area contributed by atoms with Crippen molar-refractivity contribution < 1.29 is 19.2 Å². The van der Waals surface area contributed by atoms with Crippen molar-refractivity contribution in [2.45, 2.75) is 32.2 Å². The minimum atomic E-state index is -1.11. The van der Waals surface area contributed by atoms with Gasteiger partial charge in [0.05, 0.1) is 6.54 Å². The predicted octanol–water partition coefficient (Wildman–Crippen LogP) is 0.865. The quantitative estimate of drug-likeness (QED) is 0.751. The van der Waals surface area contributed by atoms with Crippen molar-refractivity contribution in [3.05, 3.63) is 17.5 Å². The van der Waals surface area contributed by atoms with Crippen LogP contribution in [-0.4, -0.2) is 46.7 Å². The number of amides is 1. The Morgan fingerprint density at radius 2 is 2.10 bits per heavy atom. The average Bonchev–Trinajstić information content (AvgIpc) is 2.93. The smallest absolute Gasteiger partial charge is 0.358 e. The van der Waals surface area contributed by atoms with Crippen LogP contribution in [0.5, 0.6) is 0 Å². The minimum absolute atomic E-state index is 0.105. The van der Waals surface area contributed by atoms with Crippen molar-refractivity contribution in [1.82, 2.24) is 15.4 Å². The molecule has 1 aliphatic rings. The van der Waals surface area contributed by atoms with Crippen LogP contribution in [0.15, 0.2) is 10.6 Å². The number of carbonyl (C=O) groups is 2. The molecule has 7 nitrogen and oxygen atoms in total. The molecule has 1 fully saturated rings. The lowest BCUT2D eigenvalue weighted by Crippen LogP contribution is -2.37. The van der Waals surface area contributed by atoms with Crippen molar-refractivity contribution in [3.63, 3.8) is 0 Å². The standard InChI is InChI=1S/C13H19N3O4/c17-12(16-6-2-1-3-7-16)4-5-14-9-10-8-11(13(18)19)15-20-10/h8,14H,1-7,9H2,(H,18,19). The number of carboxylic acids is 1. The summed E-state index contributed by atoms with van der Waals surface area (Å²) in [5, 5.41) is 15.2. The molecule has 0 unspecified atom stereocenters. The summed E-state index contributed by atoms with van der Waals surface area (Å²) in [5.74, 6) is -0.492. The normalized spacial score (nSPS) is 15.3. The maximum Gasteiger partial charge on any atom is 0.358 e. The van der Waals surface area contributed by atoms with Crippen molar-refractivity contribution in [2.24, 2.45) is 0 Å². The van der Waals surface area contributed by atoms with E-state index in [1.807, 2.05) is 4.90 Å². The van der Waals surface area contributed by atoms with Crippen LogP contribution in [0.4, 0.5) is 0 Å². The first-order valence-electron chi connectivity index (χ1n) is 6.84. The monoisotopic (exact) mass is 281 g/mol. The number of hydrogen-bond acceptors (Lipinski definition) is 5. The van der Waals surface area contributed by atoms with Gasteiger partial charge in [0.15, 0.2) is 11.5 Å². The van der Waals surface area contributed by atoms with E-state index in [0.29, 0.717) is 25.3 Å². The first-order valence-corrected chi connectivity index (χ1v) is 6.84.